The van der Waals surface area contributed by atoms with Gasteiger partial charge in [-0.25, -0.2) is 0 Å². The molecular weight excluding hydrogens is 269 g/mol. The molecule has 0 amide bonds. The van der Waals surface area contributed by atoms with Crippen molar-refractivity contribution in [3.63, 3.8) is 0 Å². The Balaban J connectivity index is 1.83. The Bertz CT molecular complexity index is 498. The van der Waals surface area contributed by atoms with Crippen molar-refractivity contribution >= 4 is 19.1 Å². The predicted molar refractivity (Wildman–Crippen MR) is 79.5 cm³/mol. The van der Waals surface area contributed by atoms with Crippen LogP contribution in [0.15, 0.2) is 42.5 Å². The fourth-order valence-electron chi connectivity index (χ4n) is 2.03. The van der Waals surface area contributed by atoms with Crippen molar-refractivity contribution in [2.24, 2.45) is 0 Å². The molecule has 1 aliphatic rings. The molecule has 1 aliphatic heterocycles. The Labute approximate surface area is 124 Å². The second kappa shape index (κ2) is 7.64. The summed E-state index contributed by atoms with van der Waals surface area (Å²) in [7, 11) is 0.841. The predicted octanol–water partition coefficient (Wildman–Crippen LogP) is 1.31. The fraction of sp³-hybridized carbons (Fsp3) is 0.333. The summed E-state index contributed by atoms with van der Waals surface area (Å²) < 4.78 is 10.2. The maximum atomic E-state index is 11.5. The summed E-state index contributed by atoms with van der Waals surface area (Å²) in [6, 6.07) is 10.0. The molecule has 0 radical (unpaired) electrons. The molecule has 0 atom stereocenters. The summed E-state index contributed by atoms with van der Waals surface area (Å²) in [5.74, 6) is -0.766. The van der Waals surface area contributed by atoms with Gasteiger partial charge >= 0.3 is 19.1 Å². The van der Waals surface area contributed by atoms with Gasteiger partial charge in [-0.2, -0.15) is 0 Å². The van der Waals surface area contributed by atoms with E-state index in [4.69, 9.17) is 9.31 Å². The highest BCUT2D eigenvalue weighted by molar-refractivity contribution is 6.49. The molecule has 0 bridgehead atoms. The molecule has 6 heteroatoms. The number of hydrogen-bond acceptors (Lipinski definition) is 5. The van der Waals surface area contributed by atoms with Gasteiger partial charge in [-0.15, -0.1) is 0 Å². The van der Waals surface area contributed by atoms with Gasteiger partial charge in [0.25, 0.3) is 0 Å². The third kappa shape index (κ3) is 5.43. The van der Waals surface area contributed by atoms with Crippen molar-refractivity contribution in [3.8, 4) is 0 Å². The summed E-state index contributed by atoms with van der Waals surface area (Å²) in [6.45, 7) is 0.193. The fourth-order valence-corrected chi connectivity index (χ4v) is 2.03. The van der Waals surface area contributed by atoms with E-state index < -0.39 is 7.12 Å². The van der Waals surface area contributed by atoms with Gasteiger partial charge < -0.3 is 9.31 Å². The number of rotatable bonds is 4. The topological polar surface area (TPSA) is 55.8 Å². The number of carbonyl (C=O) groups is 2. The summed E-state index contributed by atoms with van der Waals surface area (Å²) in [5.41, 5.74) is 1.20. The van der Waals surface area contributed by atoms with Gasteiger partial charge in [0.05, 0.1) is 13.1 Å². The Morgan fingerprint density at radius 1 is 1.10 bits per heavy atom. The highest BCUT2D eigenvalue weighted by Crippen LogP contribution is 2.06. The van der Waals surface area contributed by atoms with Gasteiger partial charge in [-0.05, 0) is 19.0 Å². The highest BCUT2D eigenvalue weighted by atomic mass is 16.6. The number of benzene rings is 1. The average molecular weight is 287 g/mol. The standard InChI is InChI=1S/C15H18BNO4/c1-17-11-14(18)20-16(21-15(19)12-17)10-6-5-9-13-7-3-2-4-8-13/h2-8H,9-12H2,1H3. The largest absolute Gasteiger partial charge is 0.602 e. The van der Waals surface area contributed by atoms with E-state index in [-0.39, 0.29) is 25.0 Å². The average Bonchev–Trinajstić information content (AvgIpc) is 2.42. The first kappa shape index (κ1) is 15.3. The lowest BCUT2D eigenvalue weighted by molar-refractivity contribution is -0.145. The molecule has 0 spiro atoms. The van der Waals surface area contributed by atoms with Crippen LogP contribution in [0, 0.1) is 0 Å². The first-order chi connectivity index (χ1) is 10.1. The monoisotopic (exact) mass is 287 g/mol. The Kier molecular flexibility index (Phi) is 5.57. The number of allylic oxidation sites excluding steroid dienone is 2. The molecule has 0 aliphatic carbocycles. The van der Waals surface area contributed by atoms with Crippen LogP contribution in [0.1, 0.15) is 5.56 Å². The molecule has 1 aromatic carbocycles. The van der Waals surface area contributed by atoms with Crippen LogP contribution in [0.2, 0.25) is 6.32 Å². The van der Waals surface area contributed by atoms with Crippen LogP contribution < -0.4 is 0 Å². The lowest BCUT2D eigenvalue weighted by atomic mass is 9.84. The zero-order valence-electron chi connectivity index (χ0n) is 12.0. The smallest absolute Gasteiger partial charge is 0.498 e. The first-order valence-electron chi connectivity index (χ1n) is 6.90. The van der Waals surface area contributed by atoms with Crippen LogP contribution in [-0.4, -0.2) is 44.1 Å². The van der Waals surface area contributed by atoms with E-state index in [1.807, 2.05) is 42.5 Å². The quantitative estimate of drug-likeness (QED) is 0.617. The number of nitrogens with zero attached hydrogens (tertiary/aromatic N) is 1. The highest BCUT2D eigenvalue weighted by Gasteiger charge is 2.30. The van der Waals surface area contributed by atoms with Crippen LogP contribution in [0.5, 0.6) is 0 Å². The zero-order valence-corrected chi connectivity index (χ0v) is 12.0. The van der Waals surface area contributed by atoms with Crippen LogP contribution in [-0.2, 0) is 25.3 Å². The molecule has 1 fully saturated rings. The van der Waals surface area contributed by atoms with Crippen LogP contribution in [0.3, 0.4) is 0 Å². The molecule has 5 nitrogen and oxygen atoms in total. The van der Waals surface area contributed by atoms with Crippen molar-refractivity contribution in [2.75, 3.05) is 20.1 Å². The van der Waals surface area contributed by atoms with Crippen molar-refractivity contribution in [1.82, 2.24) is 4.90 Å². The lowest BCUT2D eigenvalue weighted by Gasteiger charge is -2.21. The van der Waals surface area contributed by atoms with Crippen LogP contribution in [0.25, 0.3) is 0 Å². The minimum Gasteiger partial charge on any atom is -0.498 e. The van der Waals surface area contributed by atoms with Crippen molar-refractivity contribution in [2.45, 2.75) is 12.7 Å². The van der Waals surface area contributed by atoms with Crippen molar-refractivity contribution in [3.05, 3.63) is 48.0 Å². The SMILES string of the molecule is CN1CC(=O)OB(CC=CCc2ccccc2)OC(=O)C1. The minimum atomic E-state index is -0.828. The third-order valence-corrected chi connectivity index (χ3v) is 3.02. The van der Waals surface area contributed by atoms with E-state index in [2.05, 4.69) is 0 Å². The molecule has 21 heavy (non-hydrogen) atoms. The molecule has 1 saturated heterocycles. The maximum absolute atomic E-state index is 11.5. The summed E-state index contributed by atoms with van der Waals surface area (Å²) in [4.78, 5) is 24.6. The van der Waals surface area contributed by atoms with E-state index in [0.717, 1.165) is 6.42 Å². The Hall–Kier alpha value is -2.08. The van der Waals surface area contributed by atoms with E-state index in [1.54, 1.807) is 11.9 Å². The number of likely N-dealkylation sites (N-methyl/N-ethyl adjacent to an activating group) is 1. The van der Waals surface area contributed by atoms with Crippen LogP contribution >= 0.6 is 0 Å². The van der Waals surface area contributed by atoms with Crippen molar-refractivity contribution in [1.29, 1.82) is 0 Å². The molecule has 1 aromatic rings. The van der Waals surface area contributed by atoms with Gasteiger partial charge in [0, 0.05) is 6.32 Å². The second-order valence-corrected chi connectivity index (χ2v) is 4.98. The van der Waals surface area contributed by atoms with Crippen LogP contribution in [0.4, 0.5) is 0 Å². The van der Waals surface area contributed by atoms with Gasteiger partial charge in [0.2, 0.25) is 0 Å². The molecule has 1 heterocycles. The van der Waals surface area contributed by atoms with Gasteiger partial charge in [0.15, 0.2) is 0 Å². The summed E-state index contributed by atoms with van der Waals surface area (Å²) in [5, 5.41) is 0. The summed E-state index contributed by atoms with van der Waals surface area (Å²) >= 11 is 0. The Morgan fingerprint density at radius 3 is 2.33 bits per heavy atom. The minimum absolute atomic E-state index is 0.0966. The van der Waals surface area contributed by atoms with E-state index in [1.165, 1.54) is 5.56 Å². The summed E-state index contributed by atoms with van der Waals surface area (Å²) in [6.07, 6.45) is 5.00. The van der Waals surface area contributed by atoms with E-state index in [9.17, 15) is 9.59 Å². The molecule has 0 N–H and O–H groups in total. The first-order valence-corrected chi connectivity index (χ1v) is 6.90. The second-order valence-electron chi connectivity index (χ2n) is 4.98. The molecule has 0 saturated carbocycles. The van der Waals surface area contributed by atoms with E-state index in [0.29, 0.717) is 6.32 Å². The van der Waals surface area contributed by atoms with E-state index >= 15 is 0 Å². The van der Waals surface area contributed by atoms with Crippen molar-refractivity contribution < 1.29 is 18.9 Å². The molecule has 110 valence electrons. The van der Waals surface area contributed by atoms with Gasteiger partial charge in [-0.3, -0.25) is 14.5 Å². The third-order valence-electron chi connectivity index (χ3n) is 3.02. The zero-order chi connectivity index (χ0) is 15.1. The molecule has 0 unspecified atom stereocenters. The molecule has 2 rings (SSSR count). The molecular formula is C15H18BNO4. The maximum Gasteiger partial charge on any atom is 0.602 e. The number of hydrogen-bond donors (Lipinski definition) is 0. The Morgan fingerprint density at radius 2 is 1.71 bits per heavy atom. The van der Waals surface area contributed by atoms with Gasteiger partial charge in [0.1, 0.15) is 0 Å². The lowest BCUT2D eigenvalue weighted by Crippen LogP contribution is -2.42. The number of carbonyl (C=O) groups excluding carboxylic acids is 2. The normalized spacial score (nSPS) is 17.3. The van der Waals surface area contributed by atoms with Gasteiger partial charge in [-0.1, -0.05) is 42.5 Å². The molecule has 0 aromatic heterocycles.